The third-order valence-corrected chi connectivity index (χ3v) is 4.82. The Balaban J connectivity index is 1.81. The van der Waals surface area contributed by atoms with E-state index in [-0.39, 0.29) is 0 Å². The van der Waals surface area contributed by atoms with E-state index in [1.54, 1.807) is 0 Å². The zero-order chi connectivity index (χ0) is 18.9. The van der Waals surface area contributed by atoms with Crippen molar-refractivity contribution in [3.8, 4) is 5.75 Å². The van der Waals surface area contributed by atoms with Crippen LogP contribution in [0.15, 0.2) is 66.7 Å². The molecule has 0 aliphatic carbocycles. The molecule has 0 fully saturated rings. The minimum Gasteiger partial charge on any atom is -0.491 e. The summed E-state index contributed by atoms with van der Waals surface area (Å²) >= 11 is 0. The first-order valence-corrected chi connectivity index (χ1v) is 9.83. The summed E-state index contributed by atoms with van der Waals surface area (Å²) in [4.78, 5) is 0. The van der Waals surface area contributed by atoms with Crippen molar-refractivity contribution in [3.05, 3.63) is 77.9 Å². The Morgan fingerprint density at radius 3 is 2.41 bits per heavy atom. The number of ether oxygens (including phenoxy) is 2. The van der Waals surface area contributed by atoms with E-state index < -0.39 is 0 Å². The van der Waals surface area contributed by atoms with Gasteiger partial charge in [0, 0.05) is 24.8 Å². The van der Waals surface area contributed by atoms with Crippen molar-refractivity contribution in [2.45, 2.75) is 32.9 Å². The zero-order valence-electron chi connectivity index (χ0n) is 16.3. The van der Waals surface area contributed by atoms with Crippen molar-refractivity contribution in [2.24, 2.45) is 0 Å². The molecule has 0 bridgehead atoms. The van der Waals surface area contributed by atoms with Crippen LogP contribution in [0.25, 0.3) is 10.8 Å². The van der Waals surface area contributed by atoms with E-state index in [1.165, 1.54) is 21.9 Å². The van der Waals surface area contributed by atoms with Gasteiger partial charge in [-0.15, -0.1) is 0 Å². The van der Waals surface area contributed by atoms with Crippen LogP contribution in [0.2, 0.25) is 0 Å². The summed E-state index contributed by atoms with van der Waals surface area (Å²) in [5.41, 5.74) is 2.53. The number of nitrogens with one attached hydrogen (secondary N) is 1. The molecule has 27 heavy (non-hydrogen) atoms. The van der Waals surface area contributed by atoms with E-state index in [1.807, 2.05) is 6.92 Å². The van der Waals surface area contributed by atoms with Gasteiger partial charge in [-0.25, -0.2) is 0 Å². The Hall–Kier alpha value is -2.36. The van der Waals surface area contributed by atoms with E-state index in [2.05, 4.69) is 79.0 Å². The second-order valence-corrected chi connectivity index (χ2v) is 6.56. The van der Waals surface area contributed by atoms with Gasteiger partial charge in [0.05, 0.1) is 6.61 Å². The van der Waals surface area contributed by atoms with Crippen LogP contribution in [0.3, 0.4) is 0 Å². The second kappa shape index (κ2) is 10.1. The maximum Gasteiger partial charge on any atom is 0.124 e. The maximum atomic E-state index is 6.05. The summed E-state index contributed by atoms with van der Waals surface area (Å²) in [5.74, 6) is 0.934. The third-order valence-electron chi connectivity index (χ3n) is 4.82. The van der Waals surface area contributed by atoms with Crippen LogP contribution < -0.4 is 10.1 Å². The number of hydrogen-bond donors (Lipinski definition) is 1. The average Bonchev–Trinajstić information content (AvgIpc) is 2.73. The van der Waals surface area contributed by atoms with Gasteiger partial charge in [-0.2, -0.15) is 0 Å². The predicted octanol–water partition coefficient (Wildman–Crippen LogP) is 5.50. The van der Waals surface area contributed by atoms with Gasteiger partial charge < -0.3 is 14.8 Å². The first-order valence-electron chi connectivity index (χ1n) is 9.83. The summed E-state index contributed by atoms with van der Waals surface area (Å²) in [7, 11) is 0. The molecular formula is C24H29NO2. The van der Waals surface area contributed by atoms with Crippen molar-refractivity contribution in [1.29, 1.82) is 0 Å². The van der Waals surface area contributed by atoms with Crippen molar-refractivity contribution in [1.82, 2.24) is 5.32 Å². The Morgan fingerprint density at radius 2 is 1.63 bits per heavy atom. The lowest BCUT2D eigenvalue weighted by atomic mass is 10.0. The molecule has 3 nitrogen and oxygen atoms in total. The van der Waals surface area contributed by atoms with Crippen molar-refractivity contribution in [2.75, 3.05) is 19.8 Å². The summed E-state index contributed by atoms with van der Waals surface area (Å²) in [6, 6.07) is 23.6. The molecule has 0 spiro atoms. The van der Waals surface area contributed by atoms with Gasteiger partial charge >= 0.3 is 0 Å². The molecule has 0 aliphatic rings. The molecule has 0 aliphatic heterocycles. The Bertz CT molecular complexity index is 832. The van der Waals surface area contributed by atoms with Crippen LogP contribution in [-0.4, -0.2) is 19.8 Å². The van der Waals surface area contributed by atoms with E-state index >= 15 is 0 Å². The van der Waals surface area contributed by atoms with E-state index in [9.17, 15) is 0 Å². The largest absolute Gasteiger partial charge is 0.491 e. The zero-order valence-corrected chi connectivity index (χ0v) is 16.3. The molecule has 0 saturated heterocycles. The first-order chi connectivity index (χ1) is 13.3. The number of benzene rings is 3. The highest BCUT2D eigenvalue weighted by Crippen LogP contribution is 2.29. The molecule has 0 radical (unpaired) electrons. The van der Waals surface area contributed by atoms with Crippen LogP contribution in [-0.2, 0) is 11.3 Å². The number of fused-ring (bicyclic) bond motifs is 1. The standard InChI is InChI=1S/C24H29NO2/c1-3-23(20-11-6-5-7-12-20)25-18-22-21-13-9-8-10-19(21)14-15-24(22)27-17-16-26-4-2/h5-15,23,25H,3-4,16-18H2,1-2H3. The molecule has 0 heterocycles. The molecule has 3 rings (SSSR count). The fraction of sp³-hybridized carbons (Fsp3) is 0.333. The SMILES string of the molecule is CCOCCOc1ccc2ccccc2c1CNC(CC)c1ccccc1. The van der Waals surface area contributed by atoms with Gasteiger partial charge in [-0.3, -0.25) is 0 Å². The van der Waals surface area contributed by atoms with Gasteiger partial charge in [-0.1, -0.05) is 67.6 Å². The molecular weight excluding hydrogens is 334 g/mol. The van der Waals surface area contributed by atoms with E-state index in [0.717, 1.165) is 18.7 Å². The topological polar surface area (TPSA) is 30.5 Å². The first kappa shape index (κ1) is 19.4. The van der Waals surface area contributed by atoms with Crippen LogP contribution in [0.5, 0.6) is 5.75 Å². The second-order valence-electron chi connectivity index (χ2n) is 6.56. The molecule has 1 N–H and O–H groups in total. The fourth-order valence-corrected chi connectivity index (χ4v) is 3.40. The highest BCUT2D eigenvalue weighted by Gasteiger charge is 2.13. The normalized spacial score (nSPS) is 12.2. The summed E-state index contributed by atoms with van der Waals surface area (Å²) in [5, 5.41) is 6.20. The lowest BCUT2D eigenvalue weighted by molar-refractivity contribution is 0.110. The average molecular weight is 364 g/mol. The van der Waals surface area contributed by atoms with Crippen LogP contribution in [0.4, 0.5) is 0 Å². The maximum absolute atomic E-state index is 6.05. The molecule has 0 saturated carbocycles. The fourth-order valence-electron chi connectivity index (χ4n) is 3.40. The molecule has 3 heteroatoms. The smallest absolute Gasteiger partial charge is 0.124 e. The minimum atomic E-state index is 0.321. The van der Waals surface area contributed by atoms with Gasteiger partial charge in [0.2, 0.25) is 0 Å². The Labute approximate surface area is 162 Å². The Kier molecular flexibility index (Phi) is 7.26. The molecule has 3 aromatic rings. The molecule has 142 valence electrons. The lowest BCUT2D eigenvalue weighted by Gasteiger charge is -2.20. The van der Waals surface area contributed by atoms with Crippen LogP contribution in [0, 0.1) is 0 Å². The number of hydrogen-bond acceptors (Lipinski definition) is 3. The van der Waals surface area contributed by atoms with E-state index in [0.29, 0.717) is 25.9 Å². The summed E-state index contributed by atoms with van der Waals surface area (Å²) in [6.45, 7) is 6.86. The molecule has 0 amide bonds. The van der Waals surface area contributed by atoms with Crippen molar-refractivity contribution < 1.29 is 9.47 Å². The molecule has 0 aromatic heterocycles. The highest BCUT2D eigenvalue weighted by molar-refractivity contribution is 5.87. The molecule has 1 atom stereocenters. The lowest BCUT2D eigenvalue weighted by Crippen LogP contribution is -2.21. The van der Waals surface area contributed by atoms with Gasteiger partial charge in [0.1, 0.15) is 12.4 Å². The minimum absolute atomic E-state index is 0.321. The summed E-state index contributed by atoms with van der Waals surface area (Å²) < 4.78 is 11.5. The van der Waals surface area contributed by atoms with Crippen LogP contribution >= 0.6 is 0 Å². The summed E-state index contributed by atoms with van der Waals surface area (Å²) in [6.07, 6.45) is 1.04. The predicted molar refractivity (Wildman–Crippen MR) is 112 cm³/mol. The third kappa shape index (κ3) is 5.09. The van der Waals surface area contributed by atoms with Gasteiger partial charge in [0.15, 0.2) is 0 Å². The highest BCUT2D eigenvalue weighted by atomic mass is 16.5. The van der Waals surface area contributed by atoms with Crippen molar-refractivity contribution >= 4 is 10.8 Å². The number of rotatable bonds is 10. The molecule has 1 unspecified atom stereocenters. The van der Waals surface area contributed by atoms with E-state index in [4.69, 9.17) is 9.47 Å². The van der Waals surface area contributed by atoms with Gasteiger partial charge in [0.25, 0.3) is 0 Å². The monoisotopic (exact) mass is 363 g/mol. The van der Waals surface area contributed by atoms with Crippen molar-refractivity contribution in [3.63, 3.8) is 0 Å². The Morgan fingerprint density at radius 1 is 0.852 bits per heavy atom. The van der Waals surface area contributed by atoms with Crippen LogP contribution in [0.1, 0.15) is 37.4 Å². The quantitative estimate of drug-likeness (QED) is 0.483. The molecule has 3 aromatic carbocycles. The van der Waals surface area contributed by atoms with Gasteiger partial charge in [-0.05, 0) is 35.7 Å².